The quantitative estimate of drug-likeness (QED) is 0.836. The summed E-state index contributed by atoms with van der Waals surface area (Å²) in [5.41, 5.74) is 0. The molecule has 0 amide bonds. The number of piperidine rings is 1. The van der Waals surface area contributed by atoms with Gasteiger partial charge in [-0.1, -0.05) is 11.6 Å². The van der Waals surface area contributed by atoms with Crippen molar-refractivity contribution in [2.75, 3.05) is 18.0 Å². The fourth-order valence-corrected chi connectivity index (χ4v) is 2.57. The molecule has 0 spiro atoms. The molecule has 19 heavy (non-hydrogen) atoms. The third kappa shape index (κ3) is 2.53. The molecular weight excluding hydrogens is 264 g/mol. The second-order valence-electron chi connectivity index (χ2n) is 4.76. The van der Waals surface area contributed by atoms with E-state index in [0.29, 0.717) is 10.9 Å². The first kappa shape index (κ1) is 12.3. The van der Waals surface area contributed by atoms with E-state index < -0.39 is 0 Å². The zero-order chi connectivity index (χ0) is 13.2. The lowest BCUT2D eigenvalue weighted by molar-refractivity contribution is 0.469. The van der Waals surface area contributed by atoms with Gasteiger partial charge in [-0.15, -0.1) is 10.2 Å². The number of aryl methyl sites for hydroxylation is 1. The van der Waals surface area contributed by atoms with Crippen molar-refractivity contribution >= 4 is 17.5 Å². The van der Waals surface area contributed by atoms with Crippen molar-refractivity contribution < 1.29 is 0 Å². The molecule has 0 bridgehead atoms. The summed E-state index contributed by atoms with van der Waals surface area (Å²) in [5.74, 6) is 2.29. The Kier molecular flexibility index (Phi) is 3.33. The van der Waals surface area contributed by atoms with E-state index in [0.717, 1.165) is 37.7 Å². The number of anilines is 1. The zero-order valence-electron chi connectivity index (χ0n) is 10.7. The third-order valence-electron chi connectivity index (χ3n) is 3.50. The predicted molar refractivity (Wildman–Crippen MR) is 72.2 cm³/mol. The van der Waals surface area contributed by atoms with Gasteiger partial charge in [-0.3, -0.25) is 0 Å². The highest BCUT2D eigenvalue weighted by atomic mass is 35.5. The van der Waals surface area contributed by atoms with Crippen LogP contribution in [0.5, 0.6) is 0 Å². The SMILES string of the molecule is Cn1cnnc1C1CCN(c2ncc(Cl)cn2)CC1. The highest BCUT2D eigenvalue weighted by Gasteiger charge is 2.24. The van der Waals surface area contributed by atoms with Crippen molar-refractivity contribution in [2.45, 2.75) is 18.8 Å². The smallest absolute Gasteiger partial charge is 0.225 e. The minimum absolute atomic E-state index is 0.469. The normalized spacial score (nSPS) is 16.8. The molecule has 2 aromatic heterocycles. The van der Waals surface area contributed by atoms with Crippen LogP contribution in [0.1, 0.15) is 24.6 Å². The molecule has 7 heteroatoms. The van der Waals surface area contributed by atoms with Crippen LogP contribution < -0.4 is 4.90 Å². The maximum absolute atomic E-state index is 5.80. The van der Waals surface area contributed by atoms with Gasteiger partial charge in [0.05, 0.1) is 17.4 Å². The van der Waals surface area contributed by atoms with Gasteiger partial charge in [0.1, 0.15) is 12.2 Å². The van der Waals surface area contributed by atoms with E-state index in [1.165, 1.54) is 0 Å². The van der Waals surface area contributed by atoms with Crippen molar-refractivity contribution in [1.29, 1.82) is 0 Å². The summed E-state index contributed by atoms with van der Waals surface area (Å²) in [7, 11) is 1.99. The molecule has 0 aliphatic carbocycles. The van der Waals surface area contributed by atoms with E-state index in [9.17, 15) is 0 Å². The molecule has 0 radical (unpaired) electrons. The van der Waals surface area contributed by atoms with Crippen LogP contribution in [0.25, 0.3) is 0 Å². The third-order valence-corrected chi connectivity index (χ3v) is 3.69. The van der Waals surface area contributed by atoms with Crippen molar-refractivity contribution in [2.24, 2.45) is 7.05 Å². The van der Waals surface area contributed by atoms with Crippen molar-refractivity contribution in [1.82, 2.24) is 24.7 Å². The molecule has 0 atom stereocenters. The molecule has 100 valence electrons. The van der Waals surface area contributed by atoms with Gasteiger partial charge in [0.15, 0.2) is 0 Å². The van der Waals surface area contributed by atoms with Crippen LogP contribution >= 0.6 is 11.6 Å². The lowest BCUT2D eigenvalue weighted by Crippen LogP contribution is -2.34. The Morgan fingerprint density at radius 3 is 2.47 bits per heavy atom. The molecule has 3 heterocycles. The lowest BCUT2D eigenvalue weighted by atomic mass is 9.96. The van der Waals surface area contributed by atoms with Gasteiger partial charge in [0.2, 0.25) is 5.95 Å². The van der Waals surface area contributed by atoms with Crippen LogP contribution in [0.3, 0.4) is 0 Å². The number of hydrogen-bond donors (Lipinski definition) is 0. The molecule has 1 aliphatic heterocycles. The van der Waals surface area contributed by atoms with E-state index in [1.54, 1.807) is 18.7 Å². The standard InChI is InChI=1S/C12H15ClN6/c1-18-8-16-17-11(18)9-2-4-19(5-3-9)12-14-6-10(13)7-15-12/h6-9H,2-5H2,1H3. The minimum atomic E-state index is 0.469. The first-order valence-corrected chi connectivity index (χ1v) is 6.68. The Labute approximate surface area is 116 Å². The Morgan fingerprint density at radius 1 is 1.21 bits per heavy atom. The molecule has 2 aromatic rings. The van der Waals surface area contributed by atoms with Gasteiger partial charge in [-0.2, -0.15) is 0 Å². The van der Waals surface area contributed by atoms with E-state index in [4.69, 9.17) is 11.6 Å². The minimum Gasteiger partial charge on any atom is -0.341 e. The summed E-state index contributed by atoms with van der Waals surface area (Å²) in [6.07, 6.45) is 7.11. The van der Waals surface area contributed by atoms with Crippen LogP contribution in [-0.4, -0.2) is 37.8 Å². The summed E-state index contributed by atoms with van der Waals surface area (Å²) >= 11 is 5.80. The van der Waals surface area contributed by atoms with Crippen molar-refractivity contribution in [3.63, 3.8) is 0 Å². The van der Waals surface area contributed by atoms with E-state index >= 15 is 0 Å². The maximum Gasteiger partial charge on any atom is 0.225 e. The monoisotopic (exact) mass is 278 g/mol. The highest BCUT2D eigenvalue weighted by molar-refractivity contribution is 6.30. The molecule has 6 nitrogen and oxygen atoms in total. The lowest BCUT2D eigenvalue weighted by Gasteiger charge is -2.31. The van der Waals surface area contributed by atoms with Crippen LogP contribution in [0.15, 0.2) is 18.7 Å². The Bertz CT molecular complexity index is 544. The number of aromatic nitrogens is 5. The van der Waals surface area contributed by atoms with E-state index in [2.05, 4.69) is 25.1 Å². The fraction of sp³-hybridized carbons (Fsp3) is 0.500. The number of rotatable bonds is 2. The summed E-state index contributed by atoms with van der Waals surface area (Å²) in [5, 5.41) is 8.71. The maximum atomic E-state index is 5.80. The van der Waals surface area contributed by atoms with Crippen LogP contribution in [0.2, 0.25) is 5.02 Å². The predicted octanol–water partition coefficient (Wildman–Crippen LogP) is 1.64. The molecule has 1 fully saturated rings. The summed E-state index contributed by atoms with van der Waals surface area (Å²) in [6, 6.07) is 0. The first-order valence-electron chi connectivity index (χ1n) is 6.30. The van der Waals surface area contributed by atoms with Gasteiger partial charge in [-0.25, -0.2) is 9.97 Å². The van der Waals surface area contributed by atoms with Crippen LogP contribution in [0, 0.1) is 0 Å². The topological polar surface area (TPSA) is 59.7 Å². The van der Waals surface area contributed by atoms with Crippen molar-refractivity contribution in [3.05, 3.63) is 29.6 Å². The molecule has 0 N–H and O–H groups in total. The highest BCUT2D eigenvalue weighted by Crippen LogP contribution is 2.27. The molecule has 3 rings (SSSR count). The summed E-state index contributed by atoms with van der Waals surface area (Å²) in [6.45, 7) is 1.86. The Balaban J connectivity index is 1.66. The average molecular weight is 279 g/mol. The molecule has 0 saturated carbocycles. The molecule has 1 aliphatic rings. The van der Waals surface area contributed by atoms with Gasteiger partial charge < -0.3 is 9.47 Å². The number of hydrogen-bond acceptors (Lipinski definition) is 5. The van der Waals surface area contributed by atoms with Crippen LogP contribution in [0.4, 0.5) is 5.95 Å². The molecule has 0 unspecified atom stereocenters. The summed E-state index contributed by atoms with van der Waals surface area (Å²) < 4.78 is 2.00. The van der Waals surface area contributed by atoms with Gasteiger partial charge >= 0.3 is 0 Å². The van der Waals surface area contributed by atoms with Gasteiger partial charge in [0.25, 0.3) is 0 Å². The van der Waals surface area contributed by atoms with E-state index in [-0.39, 0.29) is 0 Å². The van der Waals surface area contributed by atoms with Gasteiger partial charge in [-0.05, 0) is 12.8 Å². The number of halogens is 1. The largest absolute Gasteiger partial charge is 0.341 e. The van der Waals surface area contributed by atoms with E-state index in [1.807, 2.05) is 11.6 Å². The fourth-order valence-electron chi connectivity index (χ4n) is 2.47. The Morgan fingerprint density at radius 2 is 1.89 bits per heavy atom. The van der Waals surface area contributed by atoms with Crippen molar-refractivity contribution in [3.8, 4) is 0 Å². The zero-order valence-corrected chi connectivity index (χ0v) is 11.5. The average Bonchev–Trinajstić information content (AvgIpc) is 2.86. The van der Waals surface area contributed by atoms with Gasteiger partial charge in [0, 0.05) is 26.1 Å². The molecule has 0 aromatic carbocycles. The molecular formula is C12H15ClN6. The summed E-state index contributed by atoms with van der Waals surface area (Å²) in [4.78, 5) is 10.7. The molecule has 1 saturated heterocycles. The Hall–Kier alpha value is -1.69. The second-order valence-corrected chi connectivity index (χ2v) is 5.20. The van der Waals surface area contributed by atoms with Crippen LogP contribution in [-0.2, 0) is 7.05 Å². The number of nitrogens with zero attached hydrogens (tertiary/aromatic N) is 6. The first-order chi connectivity index (χ1) is 9.24. The second kappa shape index (κ2) is 5.13.